The monoisotopic (exact) mass is 249 g/mol. The summed E-state index contributed by atoms with van der Waals surface area (Å²) in [5.74, 6) is -0.0480. The predicted octanol–water partition coefficient (Wildman–Crippen LogP) is 1.22. The molecule has 2 rings (SSSR count). The lowest BCUT2D eigenvalue weighted by Crippen LogP contribution is -2.33. The molecule has 96 valence electrons. The minimum absolute atomic E-state index is 0.0195. The molecule has 0 radical (unpaired) electrons. The zero-order chi connectivity index (χ0) is 13.3. The van der Waals surface area contributed by atoms with Gasteiger partial charge in [-0.05, 0) is 6.92 Å². The number of likely N-dealkylation sites (tertiary alicyclic amines) is 1. The summed E-state index contributed by atoms with van der Waals surface area (Å²) in [5.41, 5.74) is 6.49. The highest BCUT2D eigenvalue weighted by Crippen LogP contribution is 2.36. The van der Waals surface area contributed by atoms with E-state index >= 15 is 0 Å². The van der Waals surface area contributed by atoms with Gasteiger partial charge in [0, 0.05) is 25.1 Å². The van der Waals surface area contributed by atoms with Crippen molar-refractivity contribution in [1.82, 2.24) is 4.90 Å². The van der Waals surface area contributed by atoms with Gasteiger partial charge in [-0.1, -0.05) is 18.2 Å². The molecule has 1 aromatic rings. The molecule has 1 saturated heterocycles. The number of amides is 1. The second kappa shape index (κ2) is 4.73. The summed E-state index contributed by atoms with van der Waals surface area (Å²) in [5, 5.41) is 11.0. The summed E-state index contributed by atoms with van der Waals surface area (Å²) in [7, 11) is 0. The molecular weight excluding hydrogens is 234 g/mol. The Morgan fingerprint density at radius 3 is 2.78 bits per heavy atom. The van der Waals surface area contributed by atoms with Gasteiger partial charge < -0.3 is 10.6 Å². The van der Waals surface area contributed by atoms with Gasteiger partial charge in [0.1, 0.15) is 0 Å². The number of hydrogen-bond acceptors (Lipinski definition) is 4. The molecule has 2 atom stereocenters. The third-order valence-corrected chi connectivity index (χ3v) is 3.26. The van der Waals surface area contributed by atoms with E-state index in [1.807, 2.05) is 6.92 Å². The molecule has 1 fully saturated rings. The van der Waals surface area contributed by atoms with Gasteiger partial charge in [-0.3, -0.25) is 14.9 Å². The molecule has 1 aromatic carbocycles. The van der Waals surface area contributed by atoms with Crippen LogP contribution in [0, 0.1) is 10.1 Å². The largest absolute Gasteiger partial charge is 0.334 e. The number of hydrogen-bond donors (Lipinski definition) is 1. The maximum absolute atomic E-state index is 11.8. The highest BCUT2D eigenvalue weighted by molar-refractivity contribution is 5.80. The Kier molecular flexibility index (Phi) is 3.29. The number of carbonyl (C=O) groups excluding carboxylic acids is 1. The van der Waals surface area contributed by atoms with E-state index in [9.17, 15) is 14.9 Å². The van der Waals surface area contributed by atoms with Gasteiger partial charge in [0.2, 0.25) is 5.91 Å². The van der Waals surface area contributed by atoms with Crippen LogP contribution >= 0.6 is 0 Å². The van der Waals surface area contributed by atoms with Crippen LogP contribution in [-0.4, -0.2) is 28.3 Å². The predicted molar refractivity (Wildman–Crippen MR) is 65.8 cm³/mol. The van der Waals surface area contributed by atoms with Gasteiger partial charge in [0.25, 0.3) is 5.69 Å². The summed E-state index contributed by atoms with van der Waals surface area (Å²) in [6, 6.07) is 5.66. The quantitative estimate of drug-likeness (QED) is 0.644. The van der Waals surface area contributed by atoms with Crippen molar-refractivity contribution >= 4 is 11.6 Å². The normalized spacial score (nSPS) is 23.4. The van der Waals surface area contributed by atoms with E-state index in [0.29, 0.717) is 12.1 Å². The van der Waals surface area contributed by atoms with Crippen LogP contribution in [0.3, 0.4) is 0 Å². The van der Waals surface area contributed by atoms with Crippen LogP contribution in [0.5, 0.6) is 0 Å². The number of benzene rings is 1. The summed E-state index contributed by atoms with van der Waals surface area (Å²) in [4.78, 5) is 24.0. The van der Waals surface area contributed by atoms with Crippen LogP contribution in [0.25, 0.3) is 0 Å². The average Bonchev–Trinajstić information content (AvgIpc) is 2.63. The maximum atomic E-state index is 11.8. The topological polar surface area (TPSA) is 89.5 Å². The summed E-state index contributed by atoms with van der Waals surface area (Å²) in [6.07, 6.45) is 0.241. The molecule has 1 heterocycles. The Bertz CT molecular complexity index is 489. The maximum Gasteiger partial charge on any atom is 0.274 e. The summed E-state index contributed by atoms with van der Waals surface area (Å²) in [6.45, 7) is 2.35. The Morgan fingerprint density at radius 2 is 2.17 bits per heavy atom. The van der Waals surface area contributed by atoms with E-state index in [1.54, 1.807) is 23.1 Å². The number of nitrogens with two attached hydrogens (primary N) is 1. The number of para-hydroxylation sites is 1. The smallest absolute Gasteiger partial charge is 0.274 e. The molecule has 2 N–H and O–H groups in total. The molecule has 6 nitrogen and oxygen atoms in total. The SMILES string of the molecule is CCN1C(=O)CC(N)C1c1ccccc1[N+](=O)[O-]. The Hall–Kier alpha value is -1.95. The number of likely N-dealkylation sites (N-methyl/N-ethyl adjacent to an activating group) is 1. The first-order chi connectivity index (χ1) is 8.56. The number of nitro benzene ring substituents is 1. The van der Waals surface area contributed by atoms with Gasteiger partial charge in [-0.15, -0.1) is 0 Å². The van der Waals surface area contributed by atoms with Crippen molar-refractivity contribution < 1.29 is 9.72 Å². The van der Waals surface area contributed by atoms with Crippen molar-refractivity contribution in [1.29, 1.82) is 0 Å². The van der Waals surface area contributed by atoms with E-state index in [-0.39, 0.29) is 18.0 Å². The molecule has 18 heavy (non-hydrogen) atoms. The van der Waals surface area contributed by atoms with E-state index in [4.69, 9.17) is 5.73 Å². The Labute approximate surface area is 105 Å². The summed E-state index contributed by atoms with van der Waals surface area (Å²) < 4.78 is 0. The molecule has 6 heteroatoms. The van der Waals surface area contributed by atoms with Gasteiger partial charge in [-0.2, -0.15) is 0 Å². The molecule has 0 aliphatic carbocycles. The lowest BCUT2D eigenvalue weighted by atomic mass is 9.99. The molecule has 2 unspecified atom stereocenters. The fourth-order valence-corrected chi connectivity index (χ4v) is 2.49. The number of nitrogens with zero attached hydrogens (tertiary/aromatic N) is 2. The van der Waals surface area contributed by atoms with Crippen molar-refractivity contribution in [3.63, 3.8) is 0 Å². The standard InChI is InChI=1S/C12H15N3O3/c1-2-14-11(16)7-9(13)12(14)8-5-3-4-6-10(8)15(17)18/h3-6,9,12H,2,7,13H2,1H3. The first-order valence-corrected chi connectivity index (χ1v) is 5.84. The van der Waals surface area contributed by atoms with E-state index in [1.165, 1.54) is 6.07 Å². The molecule has 1 aliphatic rings. The van der Waals surface area contributed by atoms with Crippen molar-refractivity contribution in [2.75, 3.05) is 6.54 Å². The molecular formula is C12H15N3O3. The van der Waals surface area contributed by atoms with E-state index in [0.717, 1.165) is 0 Å². The molecule has 0 bridgehead atoms. The van der Waals surface area contributed by atoms with Crippen LogP contribution in [0.1, 0.15) is 24.9 Å². The van der Waals surface area contributed by atoms with Crippen molar-refractivity contribution in [3.05, 3.63) is 39.9 Å². The van der Waals surface area contributed by atoms with Crippen molar-refractivity contribution in [3.8, 4) is 0 Å². The average molecular weight is 249 g/mol. The first-order valence-electron chi connectivity index (χ1n) is 5.84. The van der Waals surface area contributed by atoms with Crippen LogP contribution in [0.4, 0.5) is 5.69 Å². The highest BCUT2D eigenvalue weighted by atomic mass is 16.6. The second-order valence-electron chi connectivity index (χ2n) is 4.31. The minimum atomic E-state index is -0.432. The molecule has 0 aromatic heterocycles. The molecule has 1 amide bonds. The third kappa shape index (κ3) is 1.95. The minimum Gasteiger partial charge on any atom is -0.334 e. The molecule has 1 aliphatic heterocycles. The lowest BCUT2D eigenvalue weighted by molar-refractivity contribution is -0.385. The number of nitro groups is 1. The molecule has 0 spiro atoms. The fraction of sp³-hybridized carbons (Fsp3) is 0.417. The van der Waals surface area contributed by atoms with Crippen LogP contribution in [-0.2, 0) is 4.79 Å². The van der Waals surface area contributed by atoms with Crippen LogP contribution < -0.4 is 5.73 Å². The van der Waals surface area contributed by atoms with Crippen molar-refractivity contribution in [2.45, 2.75) is 25.4 Å². The first kappa shape index (κ1) is 12.5. The van der Waals surface area contributed by atoms with Gasteiger partial charge >= 0.3 is 0 Å². The number of rotatable bonds is 3. The lowest BCUT2D eigenvalue weighted by Gasteiger charge is -2.25. The zero-order valence-corrected chi connectivity index (χ0v) is 10.1. The van der Waals surface area contributed by atoms with Gasteiger partial charge in [0.15, 0.2) is 0 Å². The summed E-state index contributed by atoms with van der Waals surface area (Å²) >= 11 is 0. The Balaban J connectivity index is 2.47. The molecule has 0 saturated carbocycles. The van der Waals surface area contributed by atoms with Gasteiger partial charge in [-0.25, -0.2) is 0 Å². The highest BCUT2D eigenvalue weighted by Gasteiger charge is 2.40. The fourth-order valence-electron chi connectivity index (χ4n) is 2.49. The van der Waals surface area contributed by atoms with Crippen LogP contribution in [0.2, 0.25) is 0 Å². The number of carbonyl (C=O) groups is 1. The van der Waals surface area contributed by atoms with Crippen LogP contribution in [0.15, 0.2) is 24.3 Å². The van der Waals surface area contributed by atoms with Crippen molar-refractivity contribution in [2.24, 2.45) is 5.73 Å². The van der Waals surface area contributed by atoms with E-state index in [2.05, 4.69) is 0 Å². The zero-order valence-electron chi connectivity index (χ0n) is 10.1. The second-order valence-corrected chi connectivity index (χ2v) is 4.31. The Morgan fingerprint density at radius 1 is 1.50 bits per heavy atom. The van der Waals surface area contributed by atoms with Gasteiger partial charge in [0.05, 0.1) is 16.5 Å². The third-order valence-electron chi connectivity index (χ3n) is 3.26. The van der Waals surface area contributed by atoms with E-state index < -0.39 is 17.0 Å².